The maximum atomic E-state index is 15.0. The molecule has 5 nitrogen and oxygen atoms in total. The Morgan fingerprint density at radius 1 is 0.460 bits per heavy atom. The quantitative estimate of drug-likeness (QED) is 0.114. The molecule has 0 unspecified atom stereocenters. The number of fused-ring (bicyclic) bond motifs is 4. The van der Waals surface area contributed by atoms with Crippen LogP contribution in [0.3, 0.4) is 0 Å². The second-order valence-electron chi connectivity index (χ2n) is 25.6. The van der Waals surface area contributed by atoms with E-state index in [0.717, 1.165) is 106 Å². The van der Waals surface area contributed by atoms with Crippen LogP contribution < -0.4 is 14.5 Å². The molecule has 10 aromatic carbocycles. The number of pyridine rings is 1. The number of hydrogen-bond donors (Lipinski definition) is 0. The summed E-state index contributed by atoms with van der Waals surface area (Å²) >= 11 is 0. The molecule has 7 heteroatoms. The summed E-state index contributed by atoms with van der Waals surface area (Å²) in [5.74, 6) is 2.21. The minimum atomic E-state index is -0.278. The largest absolute Gasteiger partial charge is 0.509 e. The normalized spacial score (nSPS) is 12.6. The van der Waals surface area contributed by atoms with Crippen LogP contribution in [-0.4, -0.2) is 9.55 Å². The summed E-state index contributed by atoms with van der Waals surface area (Å²) in [6.07, 6.45) is 1.90. The van der Waals surface area contributed by atoms with Crippen LogP contribution >= 0.6 is 0 Å². The van der Waals surface area contributed by atoms with Crippen LogP contribution in [0.5, 0.6) is 11.5 Å². The van der Waals surface area contributed by atoms with Gasteiger partial charge in [0.1, 0.15) is 11.6 Å². The van der Waals surface area contributed by atoms with Crippen molar-refractivity contribution in [1.82, 2.24) is 9.55 Å². The number of ether oxygens (including phenoxy) is 1. The number of hydrogen-bond acceptors (Lipinski definition) is 4. The van der Waals surface area contributed by atoms with E-state index in [9.17, 15) is 0 Å². The van der Waals surface area contributed by atoms with Gasteiger partial charge in [0.15, 0.2) is 0 Å². The summed E-state index contributed by atoms with van der Waals surface area (Å²) in [6, 6.07) is 84.2. The molecule has 0 aliphatic carbocycles. The zero-order chi connectivity index (χ0) is 59.6. The topological polar surface area (TPSA) is 33.5 Å². The van der Waals surface area contributed by atoms with Gasteiger partial charge in [0.05, 0.1) is 0 Å². The van der Waals surface area contributed by atoms with E-state index < -0.39 is 0 Å². The van der Waals surface area contributed by atoms with Crippen molar-refractivity contribution in [3.05, 3.63) is 271 Å². The third-order valence-corrected chi connectivity index (χ3v) is 16.8. The minimum Gasteiger partial charge on any atom is -0.509 e. The van der Waals surface area contributed by atoms with E-state index >= 15 is 4.39 Å². The zero-order valence-electron chi connectivity index (χ0n) is 51.0. The number of para-hydroxylation sites is 3. The van der Waals surface area contributed by atoms with Gasteiger partial charge in [-0.2, -0.15) is 6.07 Å². The first-order valence-electron chi connectivity index (χ1n) is 30.0. The van der Waals surface area contributed by atoms with E-state index in [4.69, 9.17) is 9.72 Å². The summed E-state index contributed by atoms with van der Waals surface area (Å²) in [7, 11) is 0. The summed E-state index contributed by atoms with van der Waals surface area (Å²) in [4.78, 5) is 9.54. The van der Waals surface area contributed by atoms with Crippen molar-refractivity contribution in [2.24, 2.45) is 0 Å². The first kappa shape index (κ1) is 58.5. The third-order valence-electron chi connectivity index (χ3n) is 16.8. The summed E-state index contributed by atoms with van der Waals surface area (Å²) in [5.41, 5.74) is 20.8. The van der Waals surface area contributed by atoms with Crippen molar-refractivity contribution >= 4 is 44.6 Å². The zero-order valence-corrected chi connectivity index (χ0v) is 53.3. The van der Waals surface area contributed by atoms with Crippen molar-refractivity contribution < 1.29 is 30.2 Å². The summed E-state index contributed by atoms with van der Waals surface area (Å²) < 4.78 is 24.4. The molecule has 13 rings (SSSR count). The predicted octanol–water partition coefficient (Wildman–Crippen LogP) is 22.3. The average molecular weight is 1320 g/mol. The predicted molar refractivity (Wildman–Crippen MR) is 357 cm³/mol. The molecule has 12 aromatic rings. The molecule has 0 saturated carbocycles. The average Bonchev–Trinajstić information content (AvgIpc) is 2.83. The number of benzene rings is 10. The van der Waals surface area contributed by atoms with Gasteiger partial charge in [-0.25, -0.2) is 9.37 Å². The van der Waals surface area contributed by atoms with Gasteiger partial charge in [-0.15, -0.1) is 53.6 Å². The molecule has 3 heterocycles. The molecule has 2 aromatic heterocycles. The molecule has 1 aliphatic heterocycles. The molecule has 1 aliphatic rings. The van der Waals surface area contributed by atoms with Gasteiger partial charge in [-0.05, 0) is 162 Å². The van der Waals surface area contributed by atoms with Gasteiger partial charge in [0, 0.05) is 72.5 Å². The van der Waals surface area contributed by atoms with Crippen LogP contribution in [0, 0.1) is 24.6 Å². The van der Waals surface area contributed by atoms with Gasteiger partial charge in [-0.1, -0.05) is 196 Å². The van der Waals surface area contributed by atoms with Crippen LogP contribution in [0.25, 0.3) is 83.3 Å². The first-order valence-corrected chi connectivity index (χ1v) is 30.0. The van der Waals surface area contributed by atoms with E-state index in [2.05, 4.69) is 290 Å². The molecule has 0 N–H and O–H groups in total. The van der Waals surface area contributed by atoms with E-state index in [0.29, 0.717) is 23.3 Å². The Morgan fingerprint density at radius 2 is 1.01 bits per heavy atom. The Kier molecular flexibility index (Phi) is 15.8. The second kappa shape index (κ2) is 23.5. The van der Waals surface area contributed by atoms with Crippen LogP contribution in [0.15, 0.2) is 225 Å². The molecule has 0 fully saturated rings. The first-order chi connectivity index (χ1) is 41.4. The van der Waals surface area contributed by atoms with Crippen LogP contribution in [0.2, 0.25) is 0 Å². The van der Waals surface area contributed by atoms with E-state index in [-0.39, 0.29) is 37.7 Å². The van der Waals surface area contributed by atoms with Crippen molar-refractivity contribution in [1.29, 1.82) is 0 Å². The number of rotatable bonds is 12. The maximum Gasteiger partial charge on any atom is 0.135 e. The molecule has 0 bridgehead atoms. The fourth-order valence-electron chi connectivity index (χ4n) is 11.9. The molecular formula is C80H70FN4OPt-3. The summed E-state index contributed by atoms with van der Waals surface area (Å²) in [6.45, 7) is 24.8. The van der Waals surface area contributed by atoms with Gasteiger partial charge in [0.25, 0.3) is 0 Å². The molecule has 0 saturated heterocycles. The van der Waals surface area contributed by atoms with Crippen LogP contribution in [-0.2, 0) is 31.9 Å². The number of halogens is 1. The van der Waals surface area contributed by atoms with Gasteiger partial charge < -0.3 is 19.1 Å². The standard InChI is InChI=1S/C80H70FN4O.Pt/c1-51(2)56-37-57(52(3)4)39-62(38-56)72-46-64(80(8,9)10)45-71(55-29-31-65(81)32-30-55)78(72)84-50-83(74-27-19-20-28-75(74)84)66-43-61(60-41-58(53-21-13-11-14-22-53)40-59(42-60)54-23-15-12-16-24-54)44-68(48-66)86-67-33-34-70-69-25-17-18-26-73(69)85(76(70)49-67)77-47-63(35-36-82-77)79(5,6)7;/h11-47,50-52H,1-10H3;/q-3;. The van der Waals surface area contributed by atoms with Crippen molar-refractivity contribution in [2.45, 2.75) is 91.9 Å². The molecule has 436 valence electrons. The molecule has 87 heavy (non-hydrogen) atoms. The van der Waals surface area contributed by atoms with Crippen LogP contribution in [0.4, 0.5) is 27.1 Å². The Labute approximate surface area is 527 Å². The van der Waals surface area contributed by atoms with Gasteiger partial charge in [0.2, 0.25) is 0 Å². The molecule has 0 radical (unpaired) electrons. The van der Waals surface area contributed by atoms with E-state index in [1.54, 1.807) is 12.1 Å². The van der Waals surface area contributed by atoms with Gasteiger partial charge >= 0.3 is 0 Å². The fourth-order valence-corrected chi connectivity index (χ4v) is 11.9. The monoisotopic (exact) mass is 1320 g/mol. The van der Waals surface area contributed by atoms with Gasteiger partial charge in [-0.3, -0.25) is 0 Å². The molecule has 0 spiro atoms. The van der Waals surface area contributed by atoms with Crippen LogP contribution in [0.1, 0.15) is 103 Å². The SMILES string of the molecule is CC(C)c1cc(-c2cc(C(C)(C)C)cc(-c3ccc(F)cc3)c2N2[CH-]N(c3[c-]c(Oc4[c-]c5c(cc4)c4ccccc4n5-c4cc(C(C)(C)C)ccn4)cc(-c4cc(-c5ccccc5)cc(-c5ccccc5)c4)c3)c3ccccc32)cc(C(C)C)c1.[Pt]. The Bertz CT molecular complexity index is 4430. The smallest absolute Gasteiger partial charge is 0.135 e. The summed E-state index contributed by atoms with van der Waals surface area (Å²) in [5, 5.41) is 2.16. The fraction of sp³-hybridized carbons (Fsp3) is 0.175. The van der Waals surface area contributed by atoms with E-state index in [1.807, 2.05) is 24.4 Å². The molecule has 0 amide bonds. The second-order valence-corrected chi connectivity index (χ2v) is 25.6. The third kappa shape index (κ3) is 11.6. The Morgan fingerprint density at radius 3 is 1.62 bits per heavy atom. The molecular weight excluding hydrogens is 1250 g/mol. The Hall–Kier alpha value is -8.83. The molecule has 0 atom stereocenters. The minimum absolute atomic E-state index is 0. The maximum absolute atomic E-state index is 15.0. The van der Waals surface area contributed by atoms with Crippen molar-refractivity contribution in [3.8, 4) is 73.0 Å². The Balaban J connectivity index is 0.00000739. The van der Waals surface area contributed by atoms with Crippen molar-refractivity contribution in [2.75, 3.05) is 9.80 Å². The van der Waals surface area contributed by atoms with Crippen molar-refractivity contribution in [3.63, 3.8) is 0 Å². The number of nitrogens with zero attached hydrogens (tertiary/aromatic N) is 4. The number of anilines is 4. The number of aromatic nitrogens is 2. The van der Waals surface area contributed by atoms with E-state index in [1.165, 1.54) is 22.3 Å².